The largest absolute Gasteiger partial charge is 0.486 e. The Morgan fingerprint density at radius 1 is 1.23 bits per heavy atom. The fourth-order valence-electron chi connectivity index (χ4n) is 1.82. The molecule has 0 aliphatic rings. The van der Waals surface area contributed by atoms with Gasteiger partial charge in [0.1, 0.15) is 24.4 Å². The van der Waals surface area contributed by atoms with Crippen LogP contribution in [0.2, 0.25) is 0 Å². The zero-order chi connectivity index (χ0) is 15.4. The van der Waals surface area contributed by atoms with Crippen LogP contribution >= 0.6 is 0 Å². The smallest absolute Gasteiger partial charge is 0.301 e. The van der Waals surface area contributed by atoms with Crippen molar-refractivity contribution < 1.29 is 18.4 Å². The van der Waals surface area contributed by atoms with E-state index in [2.05, 4.69) is 10.3 Å². The van der Waals surface area contributed by atoms with Gasteiger partial charge in [-0.25, -0.2) is 0 Å². The van der Waals surface area contributed by atoms with Gasteiger partial charge in [-0.05, 0) is 31.2 Å². The number of nitrogens with one attached hydrogen (secondary N) is 1. The van der Waals surface area contributed by atoms with Crippen LogP contribution in [0.5, 0.6) is 5.75 Å². The van der Waals surface area contributed by atoms with Crippen molar-refractivity contribution in [3.63, 3.8) is 0 Å². The van der Waals surface area contributed by atoms with Crippen LogP contribution in [0.25, 0.3) is 0 Å². The van der Waals surface area contributed by atoms with Crippen LogP contribution in [0.15, 0.2) is 57.6 Å². The first-order chi connectivity index (χ1) is 10.7. The van der Waals surface area contributed by atoms with E-state index >= 15 is 0 Å². The number of rotatable bonds is 5. The molecule has 0 radical (unpaired) electrons. The first-order valence-corrected chi connectivity index (χ1v) is 6.71. The lowest BCUT2D eigenvalue weighted by molar-refractivity contribution is 0.0989. The second-order valence-electron chi connectivity index (χ2n) is 4.62. The van der Waals surface area contributed by atoms with Crippen LogP contribution < -0.4 is 10.1 Å². The molecule has 0 saturated heterocycles. The highest BCUT2D eigenvalue weighted by molar-refractivity contribution is 6.00. The lowest BCUT2D eigenvalue weighted by atomic mass is 10.3. The predicted molar refractivity (Wildman–Crippen MR) is 78.7 cm³/mol. The van der Waals surface area contributed by atoms with E-state index in [1.807, 2.05) is 30.3 Å². The minimum Gasteiger partial charge on any atom is -0.486 e. The number of aromatic nitrogens is 1. The third-order valence-corrected chi connectivity index (χ3v) is 2.85. The maximum Gasteiger partial charge on any atom is 0.301 e. The number of anilines is 1. The SMILES string of the molecule is Cc1coc(NC(=O)c2ccc(COc3ccccc3)o2)n1. The molecule has 0 spiro atoms. The number of ether oxygens (including phenoxy) is 1. The van der Waals surface area contributed by atoms with Gasteiger partial charge in [0.2, 0.25) is 0 Å². The summed E-state index contributed by atoms with van der Waals surface area (Å²) in [6.45, 7) is 2.01. The van der Waals surface area contributed by atoms with Crippen LogP contribution in [0.3, 0.4) is 0 Å². The molecule has 2 heterocycles. The van der Waals surface area contributed by atoms with Crippen LogP contribution in [-0.2, 0) is 6.61 Å². The summed E-state index contributed by atoms with van der Waals surface area (Å²) in [5.41, 5.74) is 0.687. The number of para-hydroxylation sites is 1. The van der Waals surface area contributed by atoms with Crippen molar-refractivity contribution in [1.29, 1.82) is 0 Å². The molecule has 2 aromatic heterocycles. The zero-order valence-electron chi connectivity index (χ0n) is 11.9. The summed E-state index contributed by atoms with van der Waals surface area (Å²) in [6.07, 6.45) is 1.46. The molecule has 0 aliphatic carbocycles. The number of nitrogens with zero attached hydrogens (tertiary/aromatic N) is 1. The fourth-order valence-corrected chi connectivity index (χ4v) is 1.82. The Hall–Kier alpha value is -3.02. The highest BCUT2D eigenvalue weighted by Gasteiger charge is 2.14. The number of carbonyl (C=O) groups is 1. The Balaban J connectivity index is 1.59. The topological polar surface area (TPSA) is 77.5 Å². The van der Waals surface area contributed by atoms with Crippen molar-refractivity contribution in [2.45, 2.75) is 13.5 Å². The maximum atomic E-state index is 12.0. The molecule has 112 valence electrons. The molecule has 3 rings (SSSR count). The standard InChI is InChI=1S/C16H14N2O4/c1-11-9-21-16(17-11)18-15(19)14-8-7-13(22-14)10-20-12-5-3-2-4-6-12/h2-9H,10H2,1H3,(H,17,18,19). The Morgan fingerprint density at radius 2 is 2.05 bits per heavy atom. The summed E-state index contributed by atoms with van der Waals surface area (Å²) >= 11 is 0. The summed E-state index contributed by atoms with van der Waals surface area (Å²) in [4.78, 5) is 16.0. The van der Waals surface area contributed by atoms with E-state index in [1.54, 1.807) is 19.1 Å². The first kappa shape index (κ1) is 13.9. The molecule has 6 heteroatoms. The predicted octanol–water partition coefficient (Wildman–Crippen LogP) is 3.41. The molecule has 1 aromatic carbocycles. The number of carbonyl (C=O) groups excluding carboxylic acids is 1. The molecule has 0 saturated carbocycles. The number of amides is 1. The summed E-state index contributed by atoms with van der Waals surface area (Å²) in [5.74, 6) is 1.04. The highest BCUT2D eigenvalue weighted by Crippen LogP contribution is 2.15. The number of furan rings is 1. The van der Waals surface area contributed by atoms with Crippen molar-refractivity contribution in [3.8, 4) is 5.75 Å². The van der Waals surface area contributed by atoms with Gasteiger partial charge in [-0.1, -0.05) is 18.2 Å². The third kappa shape index (κ3) is 3.35. The van der Waals surface area contributed by atoms with Gasteiger partial charge < -0.3 is 13.6 Å². The second kappa shape index (κ2) is 6.17. The van der Waals surface area contributed by atoms with Gasteiger partial charge >= 0.3 is 6.01 Å². The van der Waals surface area contributed by atoms with Gasteiger partial charge in [-0.2, -0.15) is 4.98 Å². The van der Waals surface area contributed by atoms with E-state index in [4.69, 9.17) is 13.6 Å². The quantitative estimate of drug-likeness (QED) is 0.781. The normalized spacial score (nSPS) is 10.4. The van der Waals surface area contributed by atoms with E-state index in [0.717, 1.165) is 5.75 Å². The average molecular weight is 298 g/mol. The molecular formula is C16H14N2O4. The molecule has 1 amide bonds. The van der Waals surface area contributed by atoms with Crippen molar-refractivity contribution in [3.05, 3.63) is 65.9 Å². The number of oxazole rings is 1. The van der Waals surface area contributed by atoms with Crippen molar-refractivity contribution in [1.82, 2.24) is 4.98 Å². The molecule has 0 fully saturated rings. The lowest BCUT2D eigenvalue weighted by Crippen LogP contribution is -2.11. The van der Waals surface area contributed by atoms with Crippen LogP contribution in [0.4, 0.5) is 6.01 Å². The van der Waals surface area contributed by atoms with E-state index in [9.17, 15) is 4.79 Å². The average Bonchev–Trinajstić information content (AvgIpc) is 3.15. The molecule has 0 bridgehead atoms. The van der Waals surface area contributed by atoms with Gasteiger partial charge in [-0.3, -0.25) is 10.1 Å². The number of aryl methyl sites for hydroxylation is 1. The lowest BCUT2D eigenvalue weighted by Gasteiger charge is -2.03. The van der Waals surface area contributed by atoms with Gasteiger partial charge in [-0.15, -0.1) is 0 Å². The van der Waals surface area contributed by atoms with Gasteiger partial charge in [0.15, 0.2) is 5.76 Å². The molecule has 0 aliphatic heterocycles. The highest BCUT2D eigenvalue weighted by atomic mass is 16.5. The van der Waals surface area contributed by atoms with Gasteiger partial charge in [0.25, 0.3) is 5.91 Å². The maximum absolute atomic E-state index is 12.0. The first-order valence-electron chi connectivity index (χ1n) is 6.71. The summed E-state index contributed by atoms with van der Waals surface area (Å²) in [5, 5.41) is 2.51. The van der Waals surface area contributed by atoms with Crippen LogP contribution in [-0.4, -0.2) is 10.9 Å². The van der Waals surface area contributed by atoms with Crippen molar-refractivity contribution >= 4 is 11.9 Å². The van der Waals surface area contributed by atoms with Crippen molar-refractivity contribution in [2.24, 2.45) is 0 Å². The molecule has 0 atom stereocenters. The Morgan fingerprint density at radius 3 is 2.77 bits per heavy atom. The Labute approximate surface area is 126 Å². The summed E-state index contributed by atoms with van der Waals surface area (Å²) < 4.78 is 16.0. The molecular weight excluding hydrogens is 284 g/mol. The van der Waals surface area contributed by atoms with Crippen LogP contribution in [0, 0.1) is 6.92 Å². The summed E-state index contributed by atoms with van der Waals surface area (Å²) in [6, 6.07) is 12.8. The van der Waals surface area contributed by atoms with Crippen molar-refractivity contribution in [2.75, 3.05) is 5.32 Å². The number of hydrogen-bond acceptors (Lipinski definition) is 5. The zero-order valence-corrected chi connectivity index (χ0v) is 11.9. The van der Waals surface area contributed by atoms with E-state index in [1.165, 1.54) is 6.26 Å². The molecule has 6 nitrogen and oxygen atoms in total. The third-order valence-electron chi connectivity index (χ3n) is 2.85. The molecule has 22 heavy (non-hydrogen) atoms. The number of benzene rings is 1. The van der Waals surface area contributed by atoms with Gasteiger partial charge in [0, 0.05) is 0 Å². The second-order valence-corrected chi connectivity index (χ2v) is 4.62. The minimum absolute atomic E-state index is 0.140. The van der Waals surface area contributed by atoms with E-state index < -0.39 is 5.91 Å². The Kier molecular flexibility index (Phi) is 3.91. The van der Waals surface area contributed by atoms with Crippen LogP contribution in [0.1, 0.15) is 22.0 Å². The fraction of sp³-hybridized carbons (Fsp3) is 0.125. The van der Waals surface area contributed by atoms with Gasteiger partial charge in [0.05, 0.1) is 5.69 Å². The molecule has 3 aromatic rings. The summed E-state index contributed by atoms with van der Waals surface area (Å²) in [7, 11) is 0. The van der Waals surface area contributed by atoms with E-state index in [0.29, 0.717) is 11.5 Å². The number of hydrogen-bond donors (Lipinski definition) is 1. The molecule has 1 N–H and O–H groups in total. The monoisotopic (exact) mass is 298 g/mol. The Bertz CT molecular complexity index is 761. The minimum atomic E-state index is -0.423. The van der Waals surface area contributed by atoms with E-state index in [-0.39, 0.29) is 18.4 Å². The molecule has 0 unspecified atom stereocenters.